The van der Waals surface area contributed by atoms with E-state index in [2.05, 4.69) is 71.1 Å². The lowest BCUT2D eigenvalue weighted by atomic mass is 10.0. The van der Waals surface area contributed by atoms with Crippen LogP contribution < -0.4 is 10.6 Å². The Morgan fingerprint density at radius 3 is 2.79 bits per heavy atom. The number of aromatic nitrogens is 6. The smallest absolute Gasteiger partial charge is 0.147 e. The fourth-order valence-electron chi connectivity index (χ4n) is 4.55. The molecule has 9 heteroatoms. The summed E-state index contributed by atoms with van der Waals surface area (Å²) in [5, 5.41) is 14.2. The topological polar surface area (TPSA) is 112 Å². The fraction of sp³-hybridized carbons (Fsp3) is 0.120. The number of nitrogens with one attached hydrogen (secondary N) is 2. The highest BCUT2D eigenvalue weighted by atomic mass is 32.1. The molecule has 7 rings (SSSR count). The van der Waals surface area contributed by atoms with E-state index in [0.29, 0.717) is 0 Å². The zero-order chi connectivity index (χ0) is 22.6. The zero-order valence-corrected chi connectivity index (χ0v) is 18.9. The number of H-pyrrole nitrogens is 2. The van der Waals surface area contributed by atoms with E-state index in [1.165, 1.54) is 16.5 Å². The second-order valence-corrected chi connectivity index (χ2v) is 9.36. The number of fused-ring (bicyclic) bond motifs is 2. The minimum Gasteiger partial charge on any atom is -0.353 e. The zero-order valence-electron chi connectivity index (χ0n) is 18.1. The molecule has 0 amide bonds. The van der Waals surface area contributed by atoms with Crippen LogP contribution in [0.5, 0.6) is 0 Å². The number of anilines is 1. The van der Waals surface area contributed by atoms with Crippen molar-refractivity contribution < 1.29 is 0 Å². The fourth-order valence-corrected chi connectivity index (χ4v) is 5.20. The standard InChI is InChI=1S/C25H20N8S/c26-15-11-33(12-15)24-10-27-8-23(30-24)20-7-18-22(9-28-20)31-32-25(18)21-6-17-16(14-4-5-34-13-14)2-1-3-19(17)29-21/h1-10,13,15,29H,11-12,26H2,(H,31,32). The first-order chi connectivity index (χ1) is 16.7. The van der Waals surface area contributed by atoms with Crippen LogP contribution >= 0.6 is 11.3 Å². The van der Waals surface area contributed by atoms with Crippen molar-refractivity contribution in [2.75, 3.05) is 18.0 Å². The van der Waals surface area contributed by atoms with Crippen molar-refractivity contribution in [1.29, 1.82) is 0 Å². The summed E-state index contributed by atoms with van der Waals surface area (Å²) in [5.41, 5.74) is 13.6. The molecule has 0 radical (unpaired) electrons. The van der Waals surface area contributed by atoms with E-state index in [1.807, 2.05) is 6.07 Å². The van der Waals surface area contributed by atoms with Gasteiger partial charge in [0, 0.05) is 35.4 Å². The molecule has 1 aromatic carbocycles. The van der Waals surface area contributed by atoms with E-state index < -0.39 is 0 Å². The van der Waals surface area contributed by atoms with Crippen LogP contribution in [-0.2, 0) is 0 Å². The SMILES string of the molecule is NC1CN(c2cncc(-c3cc4c(-c5cc6c(-c7ccsc7)cccc6[nH]5)n[nH]c4cn3)n2)C1. The van der Waals surface area contributed by atoms with Crippen LogP contribution in [0.25, 0.3) is 55.7 Å². The van der Waals surface area contributed by atoms with Crippen molar-refractivity contribution >= 4 is 39.0 Å². The molecule has 0 unspecified atom stereocenters. The maximum Gasteiger partial charge on any atom is 0.147 e. The number of rotatable bonds is 4. The first-order valence-electron chi connectivity index (χ1n) is 11.0. The number of aromatic amines is 2. The van der Waals surface area contributed by atoms with Gasteiger partial charge in [0.05, 0.1) is 35.5 Å². The minimum absolute atomic E-state index is 0.199. The summed E-state index contributed by atoms with van der Waals surface area (Å²) in [6, 6.07) is 12.9. The number of pyridine rings is 1. The Labute approximate surface area is 198 Å². The predicted octanol–water partition coefficient (Wildman–Crippen LogP) is 4.44. The molecule has 1 aliphatic heterocycles. The molecule has 166 valence electrons. The van der Waals surface area contributed by atoms with Gasteiger partial charge in [-0.2, -0.15) is 16.4 Å². The molecule has 1 saturated heterocycles. The number of hydrogen-bond donors (Lipinski definition) is 3. The summed E-state index contributed by atoms with van der Waals surface area (Å²) in [6.07, 6.45) is 5.31. The van der Waals surface area contributed by atoms with Gasteiger partial charge >= 0.3 is 0 Å². The Morgan fingerprint density at radius 1 is 1.00 bits per heavy atom. The van der Waals surface area contributed by atoms with Crippen LogP contribution in [0.4, 0.5) is 5.82 Å². The van der Waals surface area contributed by atoms with E-state index in [9.17, 15) is 0 Å². The maximum atomic E-state index is 5.93. The molecule has 0 aliphatic carbocycles. The number of thiophene rings is 1. The number of nitrogens with two attached hydrogens (primary N) is 1. The molecule has 4 N–H and O–H groups in total. The first-order valence-corrected chi connectivity index (χ1v) is 12.0. The van der Waals surface area contributed by atoms with Crippen molar-refractivity contribution in [3.63, 3.8) is 0 Å². The Balaban J connectivity index is 1.31. The molecule has 0 bridgehead atoms. The Kier molecular flexibility index (Phi) is 4.26. The van der Waals surface area contributed by atoms with E-state index in [0.717, 1.165) is 58.1 Å². The van der Waals surface area contributed by atoms with Crippen LogP contribution in [0.3, 0.4) is 0 Å². The van der Waals surface area contributed by atoms with Gasteiger partial charge in [-0.05, 0) is 46.2 Å². The lowest BCUT2D eigenvalue weighted by Crippen LogP contribution is -2.56. The molecule has 1 fully saturated rings. The van der Waals surface area contributed by atoms with Gasteiger partial charge in [-0.25, -0.2) is 4.98 Å². The third-order valence-corrected chi connectivity index (χ3v) is 7.00. The van der Waals surface area contributed by atoms with Gasteiger partial charge in [0.15, 0.2) is 0 Å². The van der Waals surface area contributed by atoms with Crippen LogP contribution in [0.15, 0.2) is 65.7 Å². The van der Waals surface area contributed by atoms with Gasteiger partial charge < -0.3 is 15.6 Å². The molecule has 6 heterocycles. The molecule has 6 aromatic rings. The van der Waals surface area contributed by atoms with Gasteiger partial charge in [0.25, 0.3) is 0 Å². The third-order valence-electron chi connectivity index (χ3n) is 6.32. The molecular formula is C25H20N8S. The largest absolute Gasteiger partial charge is 0.353 e. The summed E-state index contributed by atoms with van der Waals surface area (Å²) < 4.78 is 0. The molecule has 34 heavy (non-hydrogen) atoms. The van der Waals surface area contributed by atoms with E-state index in [-0.39, 0.29) is 6.04 Å². The van der Waals surface area contributed by atoms with E-state index in [1.54, 1.807) is 29.9 Å². The molecular weight excluding hydrogens is 444 g/mol. The van der Waals surface area contributed by atoms with Crippen LogP contribution in [0.2, 0.25) is 0 Å². The predicted molar refractivity (Wildman–Crippen MR) is 136 cm³/mol. The number of hydrogen-bond acceptors (Lipinski definition) is 7. The highest BCUT2D eigenvalue weighted by Gasteiger charge is 2.25. The van der Waals surface area contributed by atoms with Crippen molar-refractivity contribution in [1.82, 2.24) is 30.1 Å². The molecule has 1 aliphatic rings. The normalized spacial score (nSPS) is 14.2. The molecule has 5 aromatic heterocycles. The van der Waals surface area contributed by atoms with Crippen LogP contribution in [0.1, 0.15) is 0 Å². The Hall–Kier alpha value is -4.08. The quantitative estimate of drug-likeness (QED) is 0.356. The summed E-state index contributed by atoms with van der Waals surface area (Å²) in [7, 11) is 0. The highest BCUT2D eigenvalue weighted by molar-refractivity contribution is 7.08. The monoisotopic (exact) mass is 464 g/mol. The Morgan fingerprint density at radius 2 is 1.94 bits per heavy atom. The van der Waals surface area contributed by atoms with E-state index in [4.69, 9.17) is 10.7 Å². The van der Waals surface area contributed by atoms with Gasteiger partial charge in [-0.1, -0.05) is 12.1 Å². The average molecular weight is 465 g/mol. The first kappa shape index (κ1) is 19.4. The van der Waals surface area contributed by atoms with Gasteiger partial charge in [-0.15, -0.1) is 0 Å². The van der Waals surface area contributed by atoms with Gasteiger partial charge in [0.1, 0.15) is 17.2 Å². The lowest BCUT2D eigenvalue weighted by Gasteiger charge is -2.37. The van der Waals surface area contributed by atoms with Crippen molar-refractivity contribution in [3.8, 4) is 33.9 Å². The van der Waals surface area contributed by atoms with Crippen molar-refractivity contribution in [2.45, 2.75) is 6.04 Å². The van der Waals surface area contributed by atoms with E-state index >= 15 is 0 Å². The molecule has 0 atom stereocenters. The summed E-state index contributed by atoms with van der Waals surface area (Å²) in [4.78, 5) is 19.4. The summed E-state index contributed by atoms with van der Waals surface area (Å²) >= 11 is 1.70. The van der Waals surface area contributed by atoms with Crippen molar-refractivity contribution in [2.24, 2.45) is 5.73 Å². The van der Waals surface area contributed by atoms with Crippen molar-refractivity contribution in [3.05, 3.63) is 65.7 Å². The van der Waals surface area contributed by atoms with Gasteiger partial charge in [0.2, 0.25) is 0 Å². The third kappa shape index (κ3) is 3.09. The summed E-state index contributed by atoms with van der Waals surface area (Å²) in [5.74, 6) is 0.824. The second kappa shape index (κ2) is 7.47. The average Bonchev–Trinajstić information content (AvgIpc) is 3.60. The van der Waals surface area contributed by atoms with Crippen LogP contribution in [0, 0.1) is 0 Å². The minimum atomic E-state index is 0.199. The van der Waals surface area contributed by atoms with Crippen LogP contribution in [-0.4, -0.2) is 49.3 Å². The number of nitrogens with zero attached hydrogens (tertiary/aromatic N) is 5. The highest BCUT2D eigenvalue weighted by Crippen LogP contribution is 2.35. The van der Waals surface area contributed by atoms with Gasteiger partial charge in [-0.3, -0.25) is 15.1 Å². The maximum absolute atomic E-state index is 5.93. The molecule has 0 saturated carbocycles. The molecule has 0 spiro atoms. The summed E-state index contributed by atoms with van der Waals surface area (Å²) in [6.45, 7) is 1.59. The molecule has 8 nitrogen and oxygen atoms in total. The second-order valence-electron chi connectivity index (χ2n) is 8.58. The lowest BCUT2D eigenvalue weighted by molar-refractivity contribution is 0.514. The Bertz CT molecular complexity index is 1640. The number of benzene rings is 1.